The Hall–Kier alpha value is -2.88. The minimum absolute atomic E-state index is 0.0148. The van der Waals surface area contributed by atoms with Crippen molar-refractivity contribution in [1.82, 2.24) is 10.6 Å². The van der Waals surface area contributed by atoms with Gasteiger partial charge in [0.25, 0.3) is 5.91 Å². The van der Waals surface area contributed by atoms with Crippen LogP contribution in [0.2, 0.25) is 0 Å². The number of amides is 1. The summed E-state index contributed by atoms with van der Waals surface area (Å²) in [4.78, 5) is 23.9. The van der Waals surface area contributed by atoms with Gasteiger partial charge < -0.3 is 31.2 Å². The lowest BCUT2D eigenvalue weighted by atomic mass is 9.72. The number of hydrogen-bond donors (Lipinski definition) is 5. The Kier molecular flexibility index (Phi) is 6.30. The highest BCUT2D eigenvalue weighted by Gasteiger charge is 2.37. The topological polar surface area (TPSA) is 134 Å². The SMILES string of the molecule is NCCNCc1cccc(C(=O)N[C@H]2Cc3cccc(C(=O)O)c3OB2O)c1. The van der Waals surface area contributed by atoms with Gasteiger partial charge in [0, 0.05) is 25.2 Å². The fourth-order valence-electron chi connectivity index (χ4n) is 3.13. The predicted octanol–water partition coefficient (Wildman–Crippen LogP) is 0.186. The van der Waals surface area contributed by atoms with Gasteiger partial charge in [-0.3, -0.25) is 4.79 Å². The van der Waals surface area contributed by atoms with Crippen molar-refractivity contribution in [1.29, 1.82) is 0 Å². The van der Waals surface area contributed by atoms with E-state index in [0.29, 0.717) is 30.8 Å². The quantitative estimate of drug-likeness (QED) is 0.340. The zero-order valence-electron chi connectivity index (χ0n) is 15.2. The maximum absolute atomic E-state index is 12.6. The summed E-state index contributed by atoms with van der Waals surface area (Å²) in [6.07, 6.45) is 0.265. The van der Waals surface area contributed by atoms with E-state index in [4.69, 9.17) is 10.4 Å². The molecule has 0 radical (unpaired) electrons. The smallest absolute Gasteiger partial charge is 0.534 e. The summed E-state index contributed by atoms with van der Waals surface area (Å²) < 4.78 is 5.40. The molecule has 1 amide bonds. The first-order valence-corrected chi connectivity index (χ1v) is 9.00. The zero-order valence-corrected chi connectivity index (χ0v) is 15.2. The molecule has 0 unspecified atom stereocenters. The van der Waals surface area contributed by atoms with Crippen molar-refractivity contribution in [2.45, 2.75) is 18.9 Å². The number of para-hydroxylation sites is 1. The Bertz CT molecular complexity index is 876. The fourth-order valence-corrected chi connectivity index (χ4v) is 3.13. The molecule has 0 aliphatic carbocycles. The van der Waals surface area contributed by atoms with Crippen LogP contribution in [0, 0.1) is 0 Å². The number of nitrogens with one attached hydrogen (secondary N) is 2. The van der Waals surface area contributed by atoms with E-state index in [1.54, 1.807) is 30.3 Å². The Balaban J connectivity index is 1.70. The molecule has 1 heterocycles. The van der Waals surface area contributed by atoms with Crippen molar-refractivity contribution in [3.8, 4) is 5.75 Å². The van der Waals surface area contributed by atoms with Crippen molar-refractivity contribution in [3.05, 3.63) is 64.7 Å². The number of benzene rings is 2. The van der Waals surface area contributed by atoms with Gasteiger partial charge in [0.2, 0.25) is 0 Å². The van der Waals surface area contributed by atoms with Crippen LogP contribution in [0.5, 0.6) is 5.75 Å². The Morgan fingerprint density at radius 2 is 2.04 bits per heavy atom. The second kappa shape index (κ2) is 8.88. The lowest BCUT2D eigenvalue weighted by Crippen LogP contribution is -2.53. The highest BCUT2D eigenvalue weighted by atomic mass is 16.5. The molecular weight excluding hydrogens is 361 g/mol. The van der Waals surface area contributed by atoms with Crippen LogP contribution < -0.4 is 21.0 Å². The molecule has 0 bridgehead atoms. The Morgan fingerprint density at radius 1 is 1.25 bits per heavy atom. The van der Waals surface area contributed by atoms with E-state index in [2.05, 4.69) is 10.6 Å². The maximum Gasteiger partial charge on any atom is 0.547 e. The van der Waals surface area contributed by atoms with Crippen LogP contribution in [0.4, 0.5) is 0 Å². The molecule has 1 aliphatic rings. The molecule has 28 heavy (non-hydrogen) atoms. The van der Waals surface area contributed by atoms with Gasteiger partial charge in [-0.2, -0.15) is 0 Å². The average Bonchev–Trinajstić information content (AvgIpc) is 2.68. The molecule has 0 spiro atoms. The van der Waals surface area contributed by atoms with E-state index in [9.17, 15) is 19.7 Å². The van der Waals surface area contributed by atoms with E-state index >= 15 is 0 Å². The lowest BCUT2D eigenvalue weighted by Gasteiger charge is -2.28. The Labute approximate surface area is 162 Å². The summed E-state index contributed by atoms with van der Waals surface area (Å²) in [7, 11) is -1.34. The molecule has 2 aromatic carbocycles. The third kappa shape index (κ3) is 4.51. The minimum Gasteiger partial charge on any atom is -0.534 e. The Morgan fingerprint density at radius 3 is 2.79 bits per heavy atom. The third-order valence-corrected chi connectivity index (χ3v) is 4.51. The number of aromatic carboxylic acids is 1. The number of carbonyl (C=O) groups excluding carboxylic acids is 1. The van der Waals surface area contributed by atoms with Crippen molar-refractivity contribution in [3.63, 3.8) is 0 Å². The first-order valence-electron chi connectivity index (χ1n) is 9.00. The molecule has 0 saturated carbocycles. The van der Waals surface area contributed by atoms with Gasteiger partial charge in [-0.1, -0.05) is 24.3 Å². The number of carboxylic acid groups (broad SMARTS) is 1. The number of nitrogens with two attached hydrogens (primary N) is 1. The number of fused-ring (bicyclic) bond motifs is 1. The van der Waals surface area contributed by atoms with Crippen LogP contribution >= 0.6 is 0 Å². The summed E-state index contributed by atoms with van der Waals surface area (Å²) in [6.45, 7) is 1.81. The van der Waals surface area contributed by atoms with Crippen molar-refractivity contribution < 1.29 is 24.4 Å². The number of rotatable bonds is 7. The summed E-state index contributed by atoms with van der Waals surface area (Å²) in [6, 6.07) is 11.9. The van der Waals surface area contributed by atoms with Crippen LogP contribution in [0.15, 0.2) is 42.5 Å². The van der Waals surface area contributed by atoms with E-state index in [1.165, 1.54) is 6.07 Å². The molecule has 6 N–H and O–H groups in total. The van der Waals surface area contributed by atoms with Gasteiger partial charge in [0.15, 0.2) is 0 Å². The van der Waals surface area contributed by atoms with Crippen LogP contribution in [-0.2, 0) is 13.0 Å². The number of carbonyl (C=O) groups is 2. The van der Waals surface area contributed by atoms with Gasteiger partial charge in [0.1, 0.15) is 5.75 Å². The van der Waals surface area contributed by atoms with E-state index in [1.807, 2.05) is 6.07 Å². The maximum atomic E-state index is 12.6. The third-order valence-electron chi connectivity index (χ3n) is 4.51. The molecule has 9 heteroatoms. The van der Waals surface area contributed by atoms with Gasteiger partial charge >= 0.3 is 13.1 Å². The molecule has 0 fully saturated rings. The van der Waals surface area contributed by atoms with E-state index in [0.717, 1.165) is 5.56 Å². The number of carboxylic acids is 1. The monoisotopic (exact) mass is 383 g/mol. The van der Waals surface area contributed by atoms with Crippen LogP contribution in [0.25, 0.3) is 0 Å². The summed E-state index contributed by atoms with van der Waals surface area (Å²) in [5, 5.41) is 25.4. The van der Waals surface area contributed by atoms with Crippen molar-refractivity contribution >= 4 is 19.0 Å². The molecule has 3 rings (SSSR count). The lowest BCUT2D eigenvalue weighted by molar-refractivity contribution is 0.0693. The molecule has 0 aromatic heterocycles. The van der Waals surface area contributed by atoms with Gasteiger partial charge in [0.05, 0.1) is 11.5 Å². The molecular formula is C19H22BN3O5. The molecule has 8 nitrogen and oxygen atoms in total. The van der Waals surface area contributed by atoms with Gasteiger partial charge in [-0.15, -0.1) is 0 Å². The summed E-state index contributed by atoms with van der Waals surface area (Å²) >= 11 is 0. The normalized spacial score (nSPS) is 15.5. The number of hydrogen-bond acceptors (Lipinski definition) is 6. The molecule has 146 valence electrons. The van der Waals surface area contributed by atoms with Gasteiger partial charge in [-0.05, 0) is 35.7 Å². The van der Waals surface area contributed by atoms with Crippen molar-refractivity contribution in [2.24, 2.45) is 5.73 Å². The molecule has 2 aromatic rings. The first-order chi connectivity index (χ1) is 13.5. The molecule has 1 aliphatic heterocycles. The molecule has 0 saturated heterocycles. The molecule has 1 atom stereocenters. The second-order valence-corrected chi connectivity index (χ2v) is 6.56. The largest absolute Gasteiger partial charge is 0.547 e. The van der Waals surface area contributed by atoms with Crippen LogP contribution in [0.3, 0.4) is 0 Å². The standard InChI is InChI=1S/C19H22BN3O5/c21-7-8-22-11-12-3-1-5-14(9-12)18(24)23-16-10-13-4-2-6-15(19(25)26)17(13)28-20(16)27/h1-6,9,16,22,27H,7-8,10-11,21H2,(H,23,24)(H,25,26)/t16-/m0/s1. The van der Waals surface area contributed by atoms with Crippen LogP contribution in [-0.4, -0.2) is 48.2 Å². The first kappa shape index (κ1) is 19.9. The zero-order chi connectivity index (χ0) is 20.1. The second-order valence-electron chi connectivity index (χ2n) is 6.56. The minimum atomic E-state index is -1.34. The predicted molar refractivity (Wildman–Crippen MR) is 104 cm³/mol. The summed E-state index contributed by atoms with van der Waals surface area (Å²) in [5.41, 5.74) is 7.46. The highest BCUT2D eigenvalue weighted by molar-refractivity contribution is 6.47. The summed E-state index contributed by atoms with van der Waals surface area (Å²) in [5.74, 6) is -2.03. The van der Waals surface area contributed by atoms with E-state index in [-0.39, 0.29) is 23.6 Å². The van der Waals surface area contributed by atoms with E-state index < -0.39 is 19.0 Å². The van der Waals surface area contributed by atoms with Gasteiger partial charge in [-0.25, -0.2) is 4.79 Å². The fraction of sp³-hybridized carbons (Fsp3) is 0.263. The highest BCUT2D eigenvalue weighted by Crippen LogP contribution is 2.30. The average molecular weight is 383 g/mol. The van der Waals surface area contributed by atoms with Crippen LogP contribution in [0.1, 0.15) is 31.8 Å². The van der Waals surface area contributed by atoms with Crippen molar-refractivity contribution in [2.75, 3.05) is 13.1 Å².